The van der Waals surface area contributed by atoms with Crippen LogP contribution >= 0.6 is 20.9 Å². The van der Waals surface area contributed by atoms with E-state index in [9.17, 15) is 0 Å². The SMILES string of the molecule is CN(c1ccccc1)P(C)(Br)(Cc1ccccc1)c1ccccc1. The van der Waals surface area contributed by atoms with Gasteiger partial charge in [-0.3, -0.25) is 0 Å². The molecule has 0 amide bonds. The van der Waals surface area contributed by atoms with E-state index >= 15 is 0 Å². The summed E-state index contributed by atoms with van der Waals surface area (Å²) >= 11 is 4.29. The van der Waals surface area contributed by atoms with E-state index in [4.69, 9.17) is 0 Å². The number of rotatable bonds is 5. The van der Waals surface area contributed by atoms with Crippen LogP contribution in [0.1, 0.15) is 5.56 Å². The Kier molecular flexibility index (Phi) is 4.80. The molecule has 0 spiro atoms. The van der Waals surface area contributed by atoms with Crippen LogP contribution in [-0.2, 0) is 6.16 Å². The molecule has 0 aliphatic heterocycles. The van der Waals surface area contributed by atoms with E-state index in [1.807, 2.05) is 0 Å². The van der Waals surface area contributed by atoms with E-state index in [1.165, 1.54) is 16.6 Å². The predicted molar refractivity (Wildman–Crippen MR) is 113 cm³/mol. The number of hydrogen-bond acceptors (Lipinski definition) is 1. The van der Waals surface area contributed by atoms with Crippen molar-refractivity contribution in [2.45, 2.75) is 6.16 Å². The summed E-state index contributed by atoms with van der Waals surface area (Å²) in [6.07, 6.45) is 0.974. The van der Waals surface area contributed by atoms with Crippen molar-refractivity contribution in [3.63, 3.8) is 0 Å². The molecule has 0 fully saturated rings. The number of nitrogens with zero attached hydrogens (tertiary/aromatic N) is 1. The van der Waals surface area contributed by atoms with E-state index in [1.54, 1.807) is 0 Å². The summed E-state index contributed by atoms with van der Waals surface area (Å²) in [5, 5.41) is 1.36. The van der Waals surface area contributed by atoms with Crippen LogP contribution in [0, 0.1) is 0 Å². The van der Waals surface area contributed by atoms with Crippen LogP contribution in [-0.4, -0.2) is 13.7 Å². The zero-order valence-corrected chi connectivity index (χ0v) is 16.6. The Balaban J connectivity index is 2.14. The van der Waals surface area contributed by atoms with E-state index in [0.717, 1.165) is 6.16 Å². The van der Waals surface area contributed by atoms with Gasteiger partial charge in [0.1, 0.15) is 0 Å². The minimum atomic E-state index is -2.56. The maximum atomic E-state index is 4.29. The third-order valence-corrected chi connectivity index (χ3v) is 12.6. The first-order valence-electron chi connectivity index (χ1n) is 8.11. The minimum absolute atomic E-state index is 0.974. The van der Waals surface area contributed by atoms with Crippen molar-refractivity contribution in [1.29, 1.82) is 0 Å². The van der Waals surface area contributed by atoms with Gasteiger partial charge in [-0.25, -0.2) is 0 Å². The number of hydrogen-bond donors (Lipinski definition) is 0. The van der Waals surface area contributed by atoms with Crippen LogP contribution in [0.25, 0.3) is 0 Å². The standard InChI is InChI=1S/C21H23BrNP/c1-23(20-14-8-4-9-15-20)24(2,22,21-16-10-5-11-17-21)18-19-12-6-3-7-13-19/h3-17H,18H2,1-2H3. The quantitative estimate of drug-likeness (QED) is 0.471. The molecule has 0 unspecified atom stereocenters. The molecule has 1 nitrogen and oxygen atoms in total. The van der Waals surface area contributed by atoms with Crippen molar-refractivity contribution in [2.75, 3.05) is 18.4 Å². The zero-order valence-electron chi connectivity index (χ0n) is 14.1. The summed E-state index contributed by atoms with van der Waals surface area (Å²) in [4.78, 5) is 0. The summed E-state index contributed by atoms with van der Waals surface area (Å²) in [5.41, 5.74) is 0.0162. The van der Waals surface area contributed by atoms with Crippen molar-refractivity contribution >= 4 is 31.9 Å². The van der Waals surface area contributed by atoms with Gasteiger partial charge in [-0.1, -0.05) is 0 Å². The molecule has 0 N–H and O–H groups in total. The van der Waals surface area contributed by atoms with Gasteiger partial charge < -0.3 is 0 Å². The number of benzene rings is 3. The Labute approximate surface area is 153 Å². The average molecular weight is 400 g/mol. The van der Waals surface area contributed by atoms with Gasteiger partial charge >= 0.3 is 153 Å². The van der Waals surface area contributed by atoms with Gasteiger partial charge in [0.15, 0.2) is 0 Å². The molecule has 124 valence electrons. The van der Waals surface area contributed by atoms with Crippen molar-refractivity contribution < 1.29 is 0 Å². The third-order valence-electron chi connectivity index (χ3n) is 4.71. The summed E-state index contributed by atoms with van der Waals surface area (Å²) in [6, 6.07) is 32.2. The molecule has 0 bridgehead atoms. The van der Waals surface area contributed by atoms with E-state index in [-0.39, 0.29) is 0 Å². The number of para-hydroxylation sites is 1. The second-order valence-electron chi connectivity index (χ2n) is 6.43. The first-order valence-corrected chi connectivity index (χ1v) is 13.0. The summed E-state index contributed by atoms with van der Waals surface area (Å²) in [7, 11) is 2.21. The van der Waals surface area contributed by atoms with E-state index in [0.29, 0.717) is 0 Å². The number of anilines is 1. The van der Waals surface area contributed by atoms with Crippen molar-refractivity contribution in [3.05, 3.63) is 96.6 Å². The van der Waals surface area contributed by atoms with Crippen LogP contribution in [0.4, 0.5) is 5.69 Å². The van der Waals surface area contributed by atoms with Crippen LogP contribution in [0.3, 0.4) is 0 Å². The first kappa shape index (κ1) is 17.2. The Morgan fingerprint density at radius 3 is 1.75 bits per heavy atom. The zero-order chi connectivity index (χ0) is 17.1. The molecule has 3 aromatic carbocycles. The molecule has 0 aromatic heterocycles. The summed E-state index contributed by atoms with van der Waals surface area (Å²) in [6.45, 7) is 2.39. The molecule has 0 aliphatic carbocycles. The van der Waals surface area contributed by atoms with Crippen molar-refractivity contribution in [3.8, 4) is 0 Å². The Bertz CT molecular complexity index is 788. The molecule has 24 heavy (non-hydrogen) atoms. The first-order chi connectivity index (χ1) is 11.5. The van der Waals surface area contributed by atoms with Gasteiger partial charge in [-0.2, -0.15) is 0 Å². The summed E-state index contributed by atoms with van der Waals surface area (Å²) < 4.78 is 2.45. The third kappa shape index (κ3) is 3.27. The van der Waals surface area contributed by atoms with Gasteiger partial charge in [0, 0.05) is 0 Å². The van der Waals surface area contributed by atoms with Gasteiger partial charge in [-0.05, 0) is 0 Å². The molecule has 3 aromatic rings. The van der Waals surface area contributed by atoms with Gasteiger partial charge in [-0.15, -0.1) is 0 Å². The fourth-order valence-corrected chi connectivity index (χ4v) is 8.71. The number of halogens is 1. The maximum absolute atomic E-state index is 4.29. The molecular weight excluding hydrogens is 377 g/mol. The van der Waals surface area contributed by atoms with Crippen LogP contribution < -0.4 is 9.97 Å². The molecule has 3 heteroatoms. The predicted octanol–water partition coefficient (Wildman–Crippen LogP) is 6.06. The molecule has 0 heterocycles. The Hall–Kier alpha value is -1.63. The van der Waals surface area contributed by atoms with Crippen molar-refractivity contribution in [2.24, 2.45) is 0 Å². The summed E-state index contributed by atoms with van der Waals surface area (Å²) in [5.74, 6) is 0. The molecule has 0 radical (unpaired) electrons. The van der Waals surface area contributed by atoms with Gasteiger partial charge in [0.2, 0.25) is 0 Å². The monoisotopic (exact) mass is 399 g/mol. The Morgan fingerprint density at radius 1 is 0.750 bits per heavy atom. The fraction of sp³-hybridized carbons (Fsp3) is 0.143. The van der Waals surface area contributed by atoms with Crippen LogP contribution in [0.2, 0.25) is 0 Å². The van der Waals surface area contributed by atoms with Crippen LogP contribution in [0.15, 0.2) is 91.0 Å². The van der Waals surface area contributed by atoms with E-state index < -0.39 is 5.46 Å². The molecule has 3 rings (SSSR count). The molecule has 0 atom stereocenters. The fourth-order valence-electron chi connectivity index (χ4n) is 3.13. The van der Waals surface area contributed by atoms with Crippen LogP contribution in [0.5, 0.6) is 0 Å². The molecule has 0 aliphatic rings. The average Bonchev–Trinajstić information content (AvgIpc) is 2.63. The second kappa shape index (κ2) is 6.70. The topological polar surface area (TPSA) is 3.24 Å². The van der Waals surface area contributed by atoms with Gasteiger partial charge in [0.25, 0.3) is 0 Å². The second-order valence-corrected chi connectivity index (χ2v) is 16.7. The molecule has 0 saturated carbocycles. The van der Waals surface area contributed by atoms with E-state index in [2.05, 4.69) is 125 Å². The normalized spacial score (nSPS) is 13.0. The van der Waals surface area contributed by atoms with Gasteiger partial charge in [0.05, 0.1) is 0 Å². The Morgan fingerprint density at radius 2 is 1.21 bits per heavy atom. The van der Waals surface area contributed by atoms with Crippen molar-refractivity contribution in [1.82, 2.24) is 0 Å². The molecular formula is C21H23BrNP. The molecule has 0 saturated heterocycles.